The summed E-state index contributed by atoms with van der Waals surface area (Å²) in [4.78, 5) is 21.1. The van der Waals surface area contributed by atoms with Crippen LogP contribution in [0, 0.1) is 0 Å². The van der Waals surface area contributed by atoms with E-state index in [1.54, 1.807) is 14.2 Å². The number of nitrogens with one attached hydrogen (secondary N) is 1. The molecule has 1 fully saturated rings. The molecule has 0 atom stereocenters. The summed E-state index contributed by atoms with van der Waals surface area (Å²) in [7, 11) is 3.31. The van der Waals surface area contributed by atoms with Crippen LogP contribution in [0.1, 0.15) is 30.9 Å². The summed E-state index contributed by atoms with van der Waals surface area (Å²) in [5.41, 5.74) is 2.48. The normalized spacial score (nSPS) is 16.9. The molecular formula is C20H30N4O3. The Morgan fingerprint density at radius 1 is 1.07 bits per heavy atom. The number of likely N-dealkylation sites (tertiary alicyclic amines) is 1. The van der Waals surface area contributed by atoms with Crippen molar-refractivity contribution >= 4 is 11.9 Å². The molecule has 0 spiro atoms. The molecule has 0 bridgehead atoms. The lowest BCUT2D eigenvalue weighted by molar-refractivity contribution is -0.128. The lowest BCUT2D eigenvalue weighted by atomic mass is 9.99. The molecule has 2 heterocycles. The summed E-state index contributed by atoms with van der Waals surface area (Å²) < 4.78 is 10.9. The predicted molar refractivity (Wildman–Crippen MR) is 105 cm³/mol. The molecule has 148 valence electrons. The van der Waals surface area contributed by atoms with Gasteiger partial charge in [-0.15, -0.1) is 0 Å². The van der Waals surface area contributed by atoms with Crippen molar-refractivity contribution in [2.24, 2.45) is 4.99 Å². The third kappa shape index (κ3) is 4.46. The molecule has 2 aliphatic rings. The standard InChI is InChI=1S/C20H30N4O3/c1-4-21-20(22-13-19(25)23-8-5-6-9-23)24-10-7-15-11-17(26-2)18(27-3)12-16(15)14-24/h11-12H,4-10,13-14H2,1-3H3,(H,21,22). The molecule has 0 aliphatic carbocycles. The van der Waals surface area contributed by atoms with E-state index in [-0.39, 0.29) is 12.5 Å². The van der Waals surface area contributed by atoms with Crippen LogP contribution in [0.3, 0.4) is 0 Å². The van der Waals surface area contributed by atoms with E-state index < -0.39 is 0 Å². The number of aliphatic imine (C=N–C) groups is 1. The number of hydrogen-bond acceptors (Lipinski definition) is 4. The number of amides is 1. The highest BCUT2D eigenvalue weighted by atomic mass is 16.5. The number of hydrogen-bond donors (Lipinski definition) is 1. The molecule has 7 heteroatoms. The zero-order chi connectivity index (χ0) is 19.2. The molecular weight excluding hydrogens is 344 g/mol. The number of benzene rings is 1. The van der Waals surface area contributed by atoms with Gasteiger partial charge in [0.05, 0.1) is 14.2 Å². The molecule has 0 aromatic heterocycles. The van der Waals surface area contributed by atoms with Crippen LogP contribution in [0.15, 0.2) is 17.1 Å². The zero-order valence-electron chi connectivity index (χ0n) is 16.6. The molecule has 1 saturated heterocycles. The number of fused-ring (bicyclic) bond motifs is 1. The summed E-state index contributed by atoms with van der Waals surface area (Å²) in [5, 5.41) is 3.33. The number of guanidine groups is 1. The maximum atomic E-state index is 12.3. The van der Waals surface area contributed by atoms with Crippen LogP contribution in [0.2, 0.25) is 0 Å². The first-order valence-electron chi connectivity index (χ1n) is 9.71. The molecule has 0 radical (unpaired) electrons. The van der Waals surface area contributed by atoms with Gasteiger partial charge in [0.1, 0.15) is 6.54 Å². The molecule has 1 N–H and O–H groups in total. The lowest BCUT2D eigenvalue weighted by Gasteiger charge is -2.32. The molecule has 1 aromatic carbocycles. The van der Waals surface area contributed by atoms with Gasteiger partial charge in [-0.25, -0.2) is 4.99 Å². The lowest BCUT2D eigenvalue weighted by Crippen LogP contribution is -2.44. The second-order valence-corrected chi connectivity index (χ2v) is 6.91. The van der Waals surface area contributed by atoms with Crippen LogP contribution >= 0.6 is 0 Å². The first-order valence-corrected chi connectivity index (χ1v) is 9.71. The maximum absolute atomic E-state index is 12.3. The van der Waals surface area contributed by atoms with E-state index in [1.807, 2.05) is 17.9 Å². The summed E-state index contributed by atoms with van der Waals surface area (Å²) in [5.74, 6) is 2.42. The second-order valence-electron chi connectivity index (χ2n) is 6.91. The Hall–Kier alpha value is -2.44. The smallest absolute Gasteiger partial charge is 0.244 e. The molecule has 0 saturated carbocycles. The van der Waals surface area contributed by atoms with Gasteiger partial charge in [-0.05, 0) is 49.4 Å². The van der Waals surface area contributed by atoms with Gasteiger partial charge in [0.2, 0.25) is 5.91 Å². The second kappa shape index (κ2) is 8.97. The quantitative estimate of drug-likeness (QED) is 0.627. The van der Waals surface area contributed by atoms with E-state index in [4.69, 9.17) is 9.47 Å². The van der Waals surface area contributed by atoms with Gasteiger partial charge < -0.3 is 24.6 Å². The van der Waals surface area contributed by atoms with E-state index in [9.17, 15) is 4.79 Å². The third-order valence-corrected chi connectivity index (χ3v) is 5.18. The molecule has 7 nitrogen and oxygen atoms in total. The summed E-state index contributed by atoms with van der Waals surface area (Å²) in [6.07, 6.45) is 3.10. The molecule has 3 rings (SSSR count). The maximum Gasteiger partial charge on any atom is 0.244 e. The van der Waals surface area contributed by atoms with E-state index in [0.717, 1.165) is 69.4 Å². The highest BCUT2D eigenvalue weighted by Gasteiger charge is 2.23. The van der Waals surface area contributed by atoms with Gasteiger partial charge in [-0.1, -0.05) is 0 Å². The minimum Gasteiger partial charge on any atom is -0.493 e. The fraction of sp³-hybridized carbons (Fsp3) is 0.600. The van der Waals surface area contributed by atoms with Crippen molar-refractivity contribution in [1.29, 1.82) is 0 Å². The minimum atomic E-state index is 0.117. The highest BCUT2D eigenvalue weighted by Crippen LogP contribution is 2.33. The van der Waals surface area contributed by atoms with Gasteiger partial charge in [0.25, 0.3) is 0 Å². The van der Waals surface area contributed by atoms with Crippen LogP contribution < -0.4 is 14.8 Å². The fourth-order valence-electron chi connectivity index (χ4n) is 3.70. The Balaban J connectivity index is 1.73. The van der Waals surface area contributed by atoms with E-state index >= 15 is 0 Å². The van der Waals surface area contributed by atoms with Crippen molar-refractivity contribution in [2.75, 3.05) is 46.9 Å². The number of methoxy groups -OCH3 is 2. The SMILES string of the molecule is CCNC(=NCC(=O)N1CCCC1)N1CCc2cc(OC)c(OC)cc2C1. The van der Waals surface area contributed by atoms with Crippen molar-refractivity contribution in [1.82, 2.24) is 15.1 Å². The van der Waals surface area contributed by atoms with E-state index in [0.29, 0.717) is 0 Å². The van der Waals surface area contributed by atoms with Gasteiger partial charge in [-0.2, -0.15) is 0 Å². The zero-order valence-corrected chi connectivity index (χ0v) is 16.6. The van der Waals surface area contributed by atoms with Crippen molar-refractivity contribution in [3.63, 3.8) is 0 Å². The Morgan fingerprint density at radius 3 is 2.37 bits per heavy atom. The monoisotopic (exact) mass is 374 g/mol. The van der Waals surface area contributed by atoms with Gasteiger partial charge >= 0.3 is 0 Å². The molecule has 0 unspecified atom stereocenters. The molecule has 27 heavy (non-hydrogen) atoms. The van der Waals surface area contributed by atoms with Gasteiger partial charge in [0.15, 0.2) is 17.5 Å². The van der Waals surface area contributed by atoms with Crippen molar-refractivity contribution in [3.05, 3.63) is 23.3 Å². The average Bonchev–Trinajstić information content (AvgIpc) is 3.24. The first kappa shape index (κ1) is 19.3. The number of nitrogens with zero attached hydrogens (tertiary/aromatic N) is 3. The summed E-state index contributed by atoms with van der Waals surface area (Å²) >= 11 is 0. The number of rotatable bonds is 5. The summed E-state index contributed by atoms with van der Waals surface area (Å²) in [6, 6.07) is 4.10. The highest BCUT2D eigenvalue weighted by molar-refractivity contribution is 5.85. The third-order valence-electron chi connectivity index (χ3n) is 5.18. The number of carbonyl (C=O) groups is 1. The Bertz CT molecular complexity index is 699. The van der Waals surface area contributed by atoms with Gasteiger partial charge in [-0.3, -0.25) is 4.79 Å². The van der Waals surface area contributed by atoms with Gasteiger partial charge in [0, 0.05) is 32.7 Å². The fourth-order valence-corrected chi connectivity index (χ4v) is 3.70. The predicted octanol–water partition coefficient (Wildman–Crippen LogP) is 1.65. The number of ether oxygens (including phenoxy) is 2. The minimum absolute atomic E-state index is 0.117. The number of carbonyl (C=O) groups excluding carboxylic acids is 1. The van der Waals surface area contributed by atoms with Crippen LogP contribution in [0.4, 0.5) is 0 Å². The van der Waals surface area contributed by atoms with Crippen LogP contribution in [0.25, 0.3) is 0 Å². The largest absolute Gasteiger partial charge is 0.493 e. The Kier molecular flexibility index (Phi) is 6.42. The topological polar surface area (TPSA) is 66.4 Å². The Labute approximate surface area is 161 Å². The van der Waals surface area contributed by atoms with Crippen LogP contribution in [-0.2, 0) is 17.8 Å². The molecule has 1 amide bonds. The Morgan fingerprint density at radius 2 is 1.74 bits per heavy atom. The van der Waals surface area contributed by atoms with Crippen LogP contribution in [-0.4, -0.2) is 68.6 Å². The average molecular weight is 374 g/mol. The van der Waals surface area contributed by atoms with E-state index in [2.05, 4.69) is 21.3 Å². The molecule has 2 aliphatic heterocycles. The van der Waals surface area contributed by atoms with Crippen LogP contribution in [0.5, 0.6) is 11.5 Å². The van der Waals surface area contributed by atoms with Crippen molar-refractivity contribution < 1.29 is 14.3 Å². The van der Waals surface area contributed by atoms with Crippen molar-refractivity contribution in [3.8, 4) is 11.5 Å². The molecule has 1 aromatic rings. The van der Waals surface area contributed by atoms with Crippen molar-refractivity contribution in [2.45, 2.75) is 32.7 Å². The first-order chi connectivity index (χ1) is 13.2. The summed E-state index contributed by atoms with van der Waals surface area (Å²) in [6.45, 7) is 6.34. The van der Waals surface area contributed by atoms with E-state index in [1.165, 1.54) is 11.1 Å².